The lowest BCUT2D eigenvalue weighted by Crippen LogP contribution is -2.48. The number of nitrogens with one attached hydrogen (secondary N) is 1. The molecular formula is C17H34N2O. The average molecular weight is 282 g/mol. The van der Waals surface area contributed by atoms with Crippen LogP contribution in [0.4, 0.5) is 0 Å². The molecule has 1 saturated heterocycles. The number of aliphatic hydroxyl groups is 1. The highest BCUT2D eigenvalue weighted by Gasteiger charge is 2.32. The van der Waals surface area contributed by atoms with Gasteiger partial charge >= 0.3 is 0 Å². The minimum atomic E-state index is 0.339. The van der Waals surface area contributed by atoms with Crippen molar-refractivity contribution < 1.29 is 5.11 Å². The summed E-state index contributed by atoms with van der Waals surface area (Å²) in [6, 6.07) is 1.42. The Bertz CT molecular complexity index is 278. The maximum Gasteiger partial charge on any atom is 0.0445 e. The highest BCUT2D eigenvalue weighted by atomic mass is 16.3. The van der Waals surface area contributed by atoms with Crippen LogP contribution in [-0.4, -0.2) is 48.3 Å². The molecule has 0 aromatic heterocycles. The lowest BCUT2D eigenvalue weighted by molar-refractivity contribution is 0.0674. The van der Waals surface area contributed by atoms with Crippen LogP contribution in [0.25, 0.3) is 0 Å². The molecule has 0 aromatic rings. The van der Waals surface area contributed by atoms with Gasteiger partial charge in [0.05, 0.1) is 0 Å². The first-order valence-corrected chi connectivity index (χ1v) is 8.75. The summed E-state index contributed by atoms with van der Waals surface area (Å²) >= 11 is 0. The van der Waals surface area contributed by atoms with Gasteiger partial charge in [-0.25, -0.2) is 0 Å². The predicted octanol–water partition coefficient (Wildman–Crippen LogP) is 2.78. The molecule has 118 valence electrons. The summed E-state index contributed by atoms with van der Waals surface area (Å²) < 4.78 is 0. The van der Waals surface area contributed by atoms with Crippen molar-refractivity contribution in [3.8, 4) is 0 Å². The quantitative estimate of drug-likeness (QED) is 0.682. The first-order valence-electron chi connectivity index (χ1n) is 8.75. The van der Waals surface area contributed by atoms with Crippen LogP contribution in [-0.2, 0) is 0 Å². The van der Waals surface area contributed by atoms with Crippen LogP contribution in [0, 0.1) is 5.41 Å². The van der Waals surface area contributed by atoms with Crippen LogP contribution in [0.5, 0.6) is 0 Å². The fraction of sp³-hybridized carbons (Fsp3) is 1.00. The first-order chi connectivity index (χ1) is 9.67. The van der Waals surface area contributed by atoms with Crippen molar-refractivity contribution in [2.75, 3.05) is 26.2 Å². The predicted molar refractivity (Wildman–Crippen MR) is 85.0 cm³/mol. The maximum atomic E-state index is 9.28. The van der Waals surface area contributed by atoms with E-state index in [2.05, 4.69) is 24.1 Å². The van der Waals surface area contributed by atoms with Gasteiger partial charge in [-0.2, -0.15) is 0 Å². The van der Waals surface area contributed by atoms with Crippen LogP contribution < -0.4 is 5.32 Å². The second-order valence-corrected chi connectivity index (χ2v) is 7.35. The molecule has 3 nitrogen and oxygen atoms in total. The monoisotopic (exact) mass is 282 g/mol. The molecule has 2 rings (SSSR count). The summed E-state index contributed by atoms with van der Waals surface area (Å²) in [4.78, 5) is 2.67. The van der Waals surface area contributed by atoms with E-state index in [-0.39, 0.29) is 0 Å². The zero-order chi connectivity index (χ0) is 14.4. The highest BCUT2D eigenvalue weighted by Crippen LogP contribution is 2.30. The number of piperidine rings is 1. The average Bonchev–Trinajstić information content (AvgIpc) is 3.24. The number of nitrogens with zero attached hydrogens (tertiary/aromatic N) is 1. The molecule has 0 radical (unpaired) electrons. The normalized spacial score (nSPS) is 27.4. The lowest BCUT2D eigenvalue weighted by Gasteiger charge is -2.42. The first kappa shape index (κ1) is 16.3. The van der Waals surface area contributed by atoms with Crippen LogP contribution in [0.2, 0.25) is 0 Å². The third-order valence-electron chi connectivity index (χ3n) is 5.04. The van der Waals surface area contributed by atoms with Crippen LogP contribution >= 0.6 is 0 Å². The van der Waals surface area contributed by atoms with Crippen molar-refractivity contribution in [3.05, 3.63) is 0 Å². The van der Waals surface area contributed by atoms with Crippen molar-refractivity contribution in [1.29, 1.82) is 0 Å². The van der Waals surface area contributed by atoms with E-state index in [0.717, 1.165) is 19.0 Å². The van der Waals surface area contributed by atoms with Crippen LogP contribution in [0.15, 0.2) is 0 Å². The standard InChI is InChI=1S/C17H34N2O/c1-3-10-17(2,13-18-15-7-8-15)14-19-11-5-4-6-16(19)9-12-20/h15-16,18,20H,3-14H2,1-2H3. The molecule has 0 aromatic carbocycles. The van der Waals surface area contributed by atoms with Crippen molar-refractivity contribution in [2.24, 2.45) is 5.41 Å². The van der Waals surface area contributed by atoms with Gasteiger partial charge in [0.1, 0.15) is 0 Å². The van der Waals surface area contributed by atoms with Gasteiger partial charge < -0.3 is 10.4 Å². The van der Waals surface area contributed by atoms with Gasteiger partial charge in [0.15, 0.2) is 0 Å². The summed E-state index contributed by atoms with van der Waals surface area (Å²) in [6.45, 7) is 8.69. The van der Waals surface area contributed by atoms with Gasteiger partial charge in [0, 0.05) is 31.8 Å². The topological polar surface area (TPSA) is 35.5 Å². The molecule has 1 saturated carbocycles. The maximum absolute atomic E-state index is 9.28. The van der Waals surface area contributed by atoms with Gasteiger partial charge in [0.2, 0.25) is 0 Å². The summed E-state index contributed by atoms with van der Waals surface area (Å²) in [7, 11) is 0. The second kappa shape index (κ2) is 7.77. The number of hydrogen-bond donors (Lipinski definition) is 2. The van der Waals surface area contributed by atoms with E-state index >= 15 is 0 Å². The number of hydrogen-bond acceptors (Lipinski definition) is 3. The van der Waals surface area contributed by atoms with E-state index < -0.39 is 0 Å². The van der Waals surface area contributed by atoms with Gasteiger partial charge in [-0.15, -0.1) is 0 Å². The van der Waals surface area contributed by atoms with Gasteiger partial charge in [0.25, 0.3) is 0 Å². The zero-order valence-electron chi connectivity index (χ0n) is 13.5. The number of likely N-dealkylation sites (tertiary alicyclic amines) is 1. The van der Waals surface area contributed by atoms with E-state index in [1.54, 1.807) is 0 Å². The molecule has 20 heavy (non-hydrogen) atoms. The Morgan fingerprint density at radius 3 is 2.70 bits per heavy atom. The molecule has 1 aliphatic heterocycles. The number of rotatable bonds is 9. The van der Waals surface area contributed by atoms with Gasteiger partial charge in [-0.1, -0.05) is 26.7 Å². The SMILES string of the molecule is CCCC(C)(CNC1CC1)CN1CCCCC1CCO. The Morgan fingerprint density at radius 2 is 2.05 bits per heavy atom. The molecule has 1 heterocycles. The zero-order valence-corrected chi connectivity index (χ0v) is 13.5. The minimum absolute atomic E-state index is 0.339. The lowest BCUT2D eigenvalue weighted by atomic mass is 9.83. The Kier molecular flexibility index (Phi) is 6.31. The van der Waals surface area contributed by atoms with E-state index in [4.69, 9.17) is 0 Å². The summed E-state index contributed by atoms with van der Waals surface area (Å²) in [5.74, 6) is 0. The van der Waals surface area contributed by atoms with Crippen LogP contribution in [0.3, 0.4) is 0 Å². The molecule has 1 aliphatic carbocycles. The van der Waals surface area contributed by atoms with Crippen molar-refractivity contribution in [1.82, 2.24) is 10.2 Å². The van der Waals surface area contributed by atoms with Crippen molar-refractivity contribution in [2.45, 2.75) is 77.3 Å². The Hall–Kier alpha value is -0.120. The Labute approximate surface area is 125 Å². The fourth-order valence-corrected chi connectivity index (χ4v) is 3.74. The smallest absolute Gasteiger partial charge is 0.0445 e. The third-order valence-corrected chi connectivity index (χ3v) is 5.04. The summed E-state index contributed by atoms with van der Waals surface area (Å²) in [5.41, 5.74) is 0.391. The summed E-state index contributed by atoms with van der Waals surface area (Å²) in [6.07, 6.45) is 10.2. The molecule has 2 aliphatic rings. The molecule has 0 bridgehead atoms. The van der Waals surface area contributed by atoms with Crippen molar-refractivity contribution in [3.63, 3.8) is 0 Å². The Morgan fingerprint density at radius 1 is 1.25 bits per heavy atom. The largest absolute Gasteiger partial charge is 0.396 e. The highest BCUT2D eigenvalue weighted by molar-refractivity contribution is 4.89. The number of aliphatic hydroxyl groups excluding tert-OH is 1. The molecular weight excluding hydrogens is 248 g/mol. The van der Waals surface area contributed by atoms with E-state index in [0.29, 0.717) is 18.1 Å². The van der Waals surface area contributed by atoms with Crippen LogP contribution in [0.1, 0.15) is 65.2 Å². The van der Waals surface area contributed by atoms with E-state index in [1.165, 1.54) is 58.0 Å². The third kappa shape index (κ3) is 5.01. The van der Waals surface area contributed by atoms with Gasteiger partial charge in [-0.05, 0) is 50.5 Å². The molecule has 0 spiro atoms. The van der Waals surface area contributed by atoms with E-state index in [1.807, 2.05) is 0 Å². The molecule has 2 atom stereocenters. The van der Waals surface area contributed by atoms with Gasteiger partial charge in [-0.3, -0.25) is 4.90 Å². The molecule has 3 heteroatoms. The van der Waals surface area contributed by atoms with Crippen molar-refractivity contribution >= 4 is 0 Å². The fourth-order valence-electron chi connectivity index (χ4n) is 3.74. The summed E-state index contributed by atoms with van der Waals surface area (Å²) in [5, 5.41) is 13.0. The minimum Gasteiger partial charge on any atom is -0.396 e. The molecule has 0 amide bonds. The molecule has 2 fully saturated rings. The molecule has 2 N–H and O–H groups in total. The van der Waals surface area contributed by atoms with E-state index in [9.17, 15) is 5.11 Å². The Balaban J connectivity index is 1.89. The molecule has 2 unspecified atom stereocenters. The second-order valence-electron chi connectivity index (χ2n) is 7.35.